The first kappa shape index (κ1) is 17.0. The number of hydrogen-bond donors (Lipinski definition) is 2. The van der Waals surface area contributed by atoms with E-state index in [1.807, 2.05) is 31.2 Å². The van der Waals surface area contributed by atoms with Gasteiger partial charge in [-0.25, -0.2) is 0 Å². The summed E-state index contributed by atoms with van der Waals surface area (Å²) in [4.78, 5) is 11.9. The molecule has 1 aromatic carbocycles. The summed E-state index contributed by atoms with van der Waals surface area (Å²) in [5.74, 6) is 0.679. The van der Waals surface area contributed by atoms with E-state index in [0.29, 0.717) is 18.4 Å². The van der Waals surface area contributed by atoms with Crippen molar-refractivity contribution in [2.24, 2.45) is 11.7 Å². The maximum Gasteiger partial charge on any atom is 0.224 e. The van der Waals surface area contributed by atoms with E-state index in [2.05, 4.69) is 5.32 Å². The average molecular weight is 297 g/mol. The van der Waals surface area contributed by atoms with Gasteiger partial charge in [-0.05, 0) is 43.2 Å². The molecule has 1 aliphatic rings. The SMILES string of the molecule is Cc1ccccc1CC(=O)NCC1CCCC(N)C1.Cl. The van der Waals surface area contributed by atoms with Crippen LogP contribution in [0.15, 0.2) is 24.3 Å². The van der Waals surface area contributed by atoms with Crippen molar-refractivity contribution in [3.8, 4) is 0 Å². The Morgan fingerprint density at radius 2 is 2.10 bits per heavy atom. The van der Waals surface area contributed by atoms with Crippen LogP contribution in [0.4, 0.5) is 0 Å². The number of hydrogen-bond acceptors (Lipinski definition) is 2. The smallest absolute Gasteiger partial charge is 0.224 e. The number of halogens is 1. The van der Waals surface area contributed by atoms with Gasteiger partial charge in [-0.15, -0.1) is 12.4 Å². The largest absolute Gasteiger partial charge is 0.356 e. The van der Waals surface area contributed by atoms with Crippen LogP contribution in [0.5, 0.6) is 0 Å². The van der Waals surface area contributed by atoms with Crippen LogP contribution in [0.2, 0.25) is 0 Å². The minimum atomic E-state index is 0. The van der Waals surface area contributed by atoms with Gasteiger partial charge in [0.15, 0.2) is 0 Å². The lowest BCUT2D eigenvalue weighted by Crippen LogP contribution is -2.36. The zero-order valence-corrected chi connectivity index (χ0v) is 12.9. The summed E-state index contributed by atoms with van der Waals surface area (Å²) < 4.78 is 0. The molecule has 4 heteroatoms. The highest BCUT2D eigenvalue weighted by Crippen LogP contribution is 2.22. The van der Waals surface area contributed by atoms with Gasteiger partial charge in [0.05, 0.1) is 6.42 Å². The fourth-order valence-corrected chi connectivity index (χ4v) is 2.82. The number of benzene rings is 1. The van der Waals surface area contributed by atoms with E-state index >= 15 is 0 Å². The molecule has 1 saturated carbocycles. The fraction of sp³-hybridized carbons (Fsp3) is 0.562. The van der Waals surface area contributed by atoms with Gasteiger partial charge in [-0.2, -0.15) is 0 Å². The predicted octanol–water partition coefficient (Wildman–Crippen LogP) is 2.59. The number of aryl methyl sites for hydroxylation is 1. The molecule has 0 bridgehead atoms. The van der Waals surface area contributed by atoms with E-state index in [1.165, 1.54) is 18.4 Å². The van der Waals surface area contributed by atoms with E-state index in [9.17, 15) is 4.79 Å². The molecule has 3 N–H and O–H groups in total. The second-order valence-corrected chi connectivity index (χ2v) is 5.70. The molecule has 0 heterocycles. The molecule has 1 amide bonds. The Kier molecular flexibility index (Phi) is 7.03. The van der Waals surface area contributed by atoms with Gasteiger partial charge in [0.1, 0.15) is 0 Å². The third kappa shape index (κ3) is 5.14. The van der Waals surface area contributed by atoms with E-state index in [4.69, 9.17) is 5.73 Å². The molecule has 2 rings (SSSR count). The van der Waals surface area contributed by atoms with E-state index in [0.717, 1.165) is 24.9 Å². The van der Waals surface area contributed by atoms with Crippen LogP contribution in [0.25, 0.3) is 0 Å². The van der Waals surface area contributed by atoms with Crippen molar-refractivity contribution in [2.75, 3.05) is 6.54 Å². The Bertz CT molecular complexity index is 436. The molecular formula is C16H25ClN2O. The van der Waals surface area contributed by atoms with Gasteiger partial charge < -0.3 is 11.1 Å². The van der Waals surface area contributed by atoms with Crippen molar-refractivity contribution >= 4 is 18.3 Å². The van der Waals surface area contributed by atoms with Crippen molar-refractivity contribution in [3.63, 3.8) is 0 Å². The standard InChI is InChI=1S/C16H24N2O.ClH/c1-12-5-2-3-7-14(12)10-16(19)18-11-13-6-4-8-15(17)9-13;/h2-3,5,7,13,15H,4,6,8-11,17H2,1H3,(H,18,19);1H. The van der Waals surface area contributed by atoms with Crippen molar-refractivity contribution in [1.29, 1.82) is 0 Å². The molecule has 1 fully saturated rings. The highest BCUT2D eigenvalue weighted by Gasteiger charge is 2.19. The summed E-state index contributed by atoms with van der Waals surface area (Å²) in [7, 11) is 0. The van der Waals surface area contributed by atoms with E-state index < -0.39 is 0 Å². The van der Waals surface area contributed by atoms with Gasteiger partial charge >= 0.3 is 0 Å². The highest BCUT2D eigenvalue weighted by molar-refractivity contribution is 5.85. The Morgan fingerprint density at radius 3 is 2.80 bits per heavy atom. The van der Waals surface area contributed by atoms with Gasteiger partial charge in [0.25, 0.3) is 0 Å². The molecule has 112 valence electrons. The molecule has 0 saturated heterocycles. The number of nitrogens with two attached hydrogens (primary N) is 1. The Balaban J connectivity index is 0.00000200. The normalized spacial score (nSPS) is 21.9. The first-order valence-electron chi connectivity index (χ1n) is 7.22. The highest BCUT2D eigenvalue weighted by atomic mass is 35.5. The molecule has 0 spiro atoms. The van der Waals surface area contributed by atoms with Crippen LogP contribution in [0, 0.1) is 12.8 Å². The quantitative estimate of drug-likeness (QED) is 0.897. The van der Waals surface area contributed by atoms with Crippen molar-refractivity contribution in [2.45, 2.75) is 45.1 Å². The van der Waals surface area contributed by atoms with E-state index in [-0.39, 0.29) is 18.3 Å². The molecular weight excluding hydrogens is 272 g/mol. The van der Waals surface area contributed by atoms with Gasteiger partial charge in [-0.1, -0.05) is 30.7 Å². The molecule has 1 aliphatic carbocycles. The topological polar surface area (TPSA) is 55.1 Å². The van der Waals surface area contributed by atoms with Crippen LogP contribution >= 0.6 is 12.4 Å². The molecule has 2 atom stereocenters. The second kappa shape index (κ2) is 8.28. The first-order chi connectivity index (χ1) is 9.15. The zero-order valence-electron chi connectivity index (χ0n) is 12.1. The predicted molar refractivity (Wildman–Crippen MR) is 85.1 cm³/mol. The maximum absolute atomic E-state index is 11.9. The molecule has 0 radical (unpaired) electrons. The lowest BCUT2D eigenvalue weighted by molar-refractivity contribution is -0.120. The molecule has 2 unspecified atom stereocenters. The molecule has 20 heavy (non-hydrogen) atoms. The summed E-state index contributed by atoms with van der Waals surface area (Å²) in [6, 6.07) is 8.37. The molecule has 1 aromatic rings. The number of nitrogens with one attached hydrogen (secondary N) is 1. The molecule has 3 nitrogen and oxygen atoms in total. The van der Waals surface area contributed by atoms with Crippen LogP contribution < -0.4 is 11.1 Å². The van der Waals surface area contributed by atoms with Crippen LogP contribution in [0.1, 0.15) is 36.8 Å². The minimum Gasteiger partial charge on any atom is -0.356 e. The fourth-order valence-electron chi connectivity index (χ4n) is 2.82. The summed E-state index contributed by atoms with van der Waals surface area (Å²) >= 11 is 0. The van der Waals surface area contributed by atoms with Crippen LogP contribution in [0.3, 0.4) is 0 Å². The number of carbonyl (C=O) groups is 1. The maximum atomic E-state index is 11.9. The van der Waals surface area contributed by atoms with E-state index in [1.54, 1.807) is 0 Å². The number of rotatable bonds is 4. The van der Waals surface area contributed by atoms with Crippen LogP contribution in [-0.4, -0.2) is 18.5 Å². The molecule has 0 aliphatic heterocycles. The monoisotopic (exact) mass is 296 g/mol. The number of amides is 1. The van der Waals surface area contributed by atoms with Crippen molar-refractivity contribution in [1.82, 2.24) is 5.32 Å². The minimum absolute atomic E-state index is 0. The summed E-state index contributed by atoms with van der Waals surface area (Å²) in [5.41, 5.74) is 8.25. The lowest BCUT2D eigenvalue weighted by atomic mass is 9.86. The molecule has 0 aromatic heterocycles. The lowest BCUT2D eigenvalue weighted by Gasteiger charge is -2.26. The Labute approximate surface area is 127 Å². The Hall–Kier alpha value is -1.06. The third-order valence-corrected chi connectivity index (χ3v) is 4.02. The first-order valence-corrected chi connectivity index (χ1v) is 7.22. The second-order valence-electron chi connectivity index (χ2n) is 5.70. The zero-order chi connectivity index (χ0) is 13.7. The number of carbonyl (C=O) groups excluding carboxylic acids is 1. The van der Waals surface area contributed by atoms with Crippen molar-refractivity contribution < 1.29 is 4.79 Å². The van der Waals surface area contributed by atoms with Gasteiger partial charge in [-0.3, -0.25) is 4.79 Å². The van der Waals surface area contributed by atoms with Gasteiger partial charge in [0, 0.05) is 12.6 Å². The summed E-state index contributed by atoms with van der Waals surface area (Å²) in [6.45, 7) is 2.82. The third-order valence-electron chi connectivity index (χ3n) is 4.02. The Morgan fingerprint density at radius 1 is 1.35 bits per heavy atom. The van der Waals surface area contributed by atoms with Crippen molar-refractivity contribution in [3.05, 3.63) is 35.4 Å². The van der Waals surface area contributed by atoms with Gasteiger partial charge in [0.2, 0.25) is 5.91 Å². The van der Waals surface area contributed by atoms with Crippen LogP contribution in [-0.2, 0) is 11.2 Å². The average Bonchev–Trinajstić information content (AvgIpc) is 2.39. The summed E-state index contributed by atoms with van der Waals surface area (Å²) in [5, 5.41) is 3.05. The summed E-state index contributed by atoms with van der Waals surface area (Å²) in [6.07, 6.45) is 5.04.